The van der Waals surface area contributed by atoms with Gasteiger partial charge in [-0.2, -0.15) is 0 Å². The largest absolute Gasteiger partial charge is 0.383 e. The number of hydrogen-bond acceptors (Lipinski definition) is 6. The second-order valence-corrected chi connectivity index (χ2v) is 6.46. The fraction of sp³-hybridized carbons (Fsp3) is 0.636. The molecule has 0 radical (unpaired) electrons. The number of methoxy groups -OCH3 is 1. The average Bonchev–Trinajstić information content (AvgIpc) is 2.33. The Morgan fingerprint density at radius 2 is 2.00 bits per heavy atom. The zero-order valence-electron chi connectivity index (χ0n) is 10.9. The second-order valence-electron chi connectivity index (χ2n) is 4.09. The van der Waals surface area contributed by atoms with E-state index in [0.717, 1.165) is 12.1 Å². The van der Waals surface area contributed by atoms with Gasteiger partial charge in [-0.3, -0.25) is 0 Å². The van der Waals surface area contributed by atoms with Gasteiger partial charge in [0.1, 0.15) is 11.1 Å². The first kappa shape index (κ1) is 15.0. The number of sulfone groups is 1. The lowest BCUT2D eigenvalue weighted by molar-refractivity contribution is 0.199. The maximum Gasteiger partial charge on any atom is 0.157 e. The molecule has 0 saturated carbocycles. The van der Waals surface area contributed by atoms with Crippen molar-refractivity contribution >= 4 is 9.84 Å². The molecule has 1 aromatic rings. The van der Waals surface area contributed by atoms with Gasteiger partial charge >= 0.3 is 0 Å². The quantitative estimate of drug-likeness (QED) is 0.720. The van der Waals surface area contributed by atoms with Crippen LogP contribution in [0.3, 0.4) is 0 Å². The Morgan fingerprint density at radius 1 is 1.39 bits per heavy atom. The monoisotopic (exact) mass is 273 g/mol. The lowest BCUT2D eigenvalue weighted by atomic mass is 10.3. The Balaban J connectivity index is 2.58. The summed E-state index contributed by atoms with van der Waals surface area (Å²) in [5, 5.41) is 2.49. The van der Waals surface area contributed by atoms with Crippen molar-refractivity contribution in [1.82, 2.24) is 15.3 Å². The van der Waals surface area contributed by atoms with Gasteiger partial charge in [-0.05, 0) is 6.92 Å². The van der Waals surface area contributed by atoms with Crippen molar-refractivity contribution in [2.24, 2.45) is 0 Å². The molecular weight excluding hydrogens is 254 g/mol. The molecule has 0 saturated heterocycles. The van der Waals surface area contributed by atoms with E-state index in [4.69, 9.17) is 4.74 Å². The first-order valence-electron chi connectivity index (χ1n) is 5.64. The summed E-state index contributed by atoms with van der Waals surface area (Å²) in [4.78, 5) is 8.16. The van der Waals surface area contributed by atoms with E-state index in [2.05, 4.69) is 15.3 Å². The smallest absolute Gasteiger partial charge is 0.157 e. The summed E-state index contributed by atoms with van der Waals surface area (Å²) in [6.07, 6.45) is 4.47. The fourth-order valence-electron chi connectivity index (χ4n) is 1.26. The van der Waals surface area contributed by atoms with E-state index >= 15 is 0 Å². The van der Waals surface area contributed by atoms with E-state index in [-0.39, 0.29) is 0 Å². The number of nitrogens with one attached hydrogen (secondary N) is 1. The van der Waals surface area contributed by atoms with E-state index in [1.54, 1.807) is 26.4 Å². The van der Waals surface area contributed by atoms with E-state index < -0.39 is 15.1 Å². The van der Waals surface area contributed by atoms with Crippen molar-refractivity contribution in [2.75, 3.05) is 26.5 Å². The van der Waals surface area contributed by atoms with Crippen molar-refractivity contribution in [3.63, 3.8) is 0 Å². The molecule has 6 nitrogen and oxygen atoms in total. The highest BCUT2D eigenvalue weighted by atomic mass is 32.2. The molecule has 1 heterocycles. The Bertz CT molecular complexity index is 459. The minimum absolute atomic E-state index is 0.332. The first-order valence-corrected chi connectivity index (χ1v) is 7.60. The lowest BCUT2D eigenvalue weighted by Gasteiger charge is -2.08. The maximum atomic E-state index is 11.4. The molecule has 0 bridgehead atoms. The zero-order chi connectivity index (χ0) is 13.6. The normalized spacial score (nSPS) is 13.5. The zero-order valence-corrected chi connectivity index (χ0v) is 11.7. The van der Waals surface area contributed by atoms with Crippen LogP contribution < -0.4 is 5.32 Å². The Morgan fingerprint density at radius 3 is 2.50 bits per heavy atom. The standard InChI is InChI=1S/C11H19N3O3S/c1-9(18(3,15)16)11-13-7-10(8-14-11)6-12-4-5-17-2/h7-9,12H,4-6H2,1-3H3. The number of rotatable bonds is 7. The third kappa shape index (κ3) is 4.67. The summed E-state index contributed by atoms with van der Waals surface area (Å²) in [6.45, 7) is 3.61. The summed E-state index contributed by atoms with van der Waals surface area (Å²) < 4.78 is 27.6. The van der Waals surface area contributed by atoms with Gasteiger partial charge in [0.05, 0.1) is 6.61 Å². The SMILES string of the molecule is COCCNCc1cnc(C(C)S(C)(=O)=O)nc1. The highest BCUT2D eigenvalue weighted by Gasteiger charge is 2.19. The fourth-order valence-corrected chi connectivity index (χ4v) is 1.77. The molecule has 18 heavy (non-hydrogen) atoms. The molecule has 0 aliphatic carbocycles. The molecule has 1 unspecified atom stereocenters. The summed E-state index contributed by atoms with van der Waals surface area (Å²) in [6, 6.07) is 0. The average molecular weight is 273 g/mol. The van der Waals surface area contributed by atoms with Crippen LogP contribution >= 0.6 is 0 Å². The third-order valence-corrected chi connectivity index (χ3v) is 4.04. The molecule has 0 aliphatic rings. The lowest BCUT2D eigenvalue weighted by Crippen LogP contribution is -2.19. The molecule has 7 heteroatoms. The van der Waals surface area contributed by atoms with Crippen LogP contribution in [0.5, 0.6) is 0 Å². The number of hydrogen-bond donors (Lipinski definition) is 1. The summed E-state index contributed by atoms with van der Waals surface area (Å²) in [7, 11) is -1.51. The van der Waals surface area contributed by atoms with Crippen molar-refractivity contribution in [3.8, 4) is 0 Å². The molecular formula is C11H19N3O3S. The molecule has 0 fully saturated rings. The molecule has 1 N–H and O–H groups in total. The topological polar surface area (TPSA) is 81.2 Å². The van der Waals surface area contributed by atoms with E-state index in [1.165, 1.54) is 6.26 Å². The minimum atomic E-state index is -3.15. The van der Waals surface area contributed by atoms with E-state index in [1.807, 2.05) is 0 Å². The third-order valence-electron chi connectivity index (χ3n) is 2.54. The van der Waals surface area contributed by atoms with Gasteiger partial charge in [0.25, 0.3) is 0 Å². The molecule has 1 atom stereocenters. The first-order chi connectivity index (χ1) is 8.45. The highest BCUT2D eigenvalue weighted by molar-refractivity contribution is 7.90. The predicted molar refractivity (Wildman–Crippen MR) is 68.9 cm³/mol. The Labute approximate surface area is 108 Å². The summed E-state index contributed by atoms with van der Waals surface area (Å²) in [5.41, 5.74) is 0.913. The van der Waals surface area contributed by atoms with Crippen LogP contribution in [0.15, 0.2) is 12.4 Å². The molecule has 1 aromatic heterocycles. The van der Waals surface area contributed by atoms with Crippen LogP contribution in [0.1, 0.15) is 23.6 Å². The molecule has 0 aliphatic heterocycles. The molecule has 102 valence electrons. The predicted octanol–water partition coefficient (Wildman–Crippen LogP) is 0.318. The number of ether oxygens (including phenoxy) is 1. The van der Waals surface area contributed by atoms with Crippen LogP contribution in [0.4, 0.5) is 0 Å². The number of nitrogens with zero attached hydrogens (tertiary/aromatic N) is 2. The van der Waals surface area contributed by atoms with Gasteiger partial charge in [0, 0.05) is 44.4 Å². The van der Waals surface area contributed by atoms with Gasteiger partial charge in [-0.1, -0.05) is 0 Å². The van der Waals surface area contributed by atoms with Crippen molar-refractivity contribution in [1.29, 1.82) is 0 Å². The van der Waals surface area contributed by atoms with Crippen LogP contribution in [0.2, 0.25) is 0 Å². The Kier molecular flexibility index (Phi) is 5.64. The van der Waals surface area contributed by atoms with E-state index in [0.29, 0.717) is 19.0 Å². The van der Waals surface area contributed by atoms with Crippen molar-refractivity contribution in [2.45, 2.75) is 18.7 Å². The van der Waals surface area contributed by atoms with E-state index in [9.17, 15) is 8.42 Å². The molecule has 0 aromatic carbocycles. The second kappa shape index (κ2) is 6.77. The van der Waals surface area contributed by atoms with Gasteiger partial charge in [-0.25, -0.2) is 18.4 Å². The van der Waals surface area contributed by atoms with Crippen LogP contribution in [-0.4, -0.2) is 44.9 Å². The summed E-state index contributed by atoms with van der Waals surface area (Å²) in [5.74, 6) is 0.332. The molecule has 1 rings (SSSR count). The summed E-state index contributed by atoms with van der Waals surface area (Å²) >= 11 is 0. The van der Waals surface area contributed by atoms with Gasteiger partial charge < -0.3 is 10.1 Å². The van der Waals surface area contributed by atoms with Crippen LogP contribution in [-0.2, 0) is 21.1 Å². The van der Waals surface area contributed by atoms with Crippen LogP contribution in [0, 0.1) is 0 Å². The van der Waals surface area contributed by atoms with Crippen LogP contribution in [0.25, 0.3) is 0 Å². The van der Waals surface area contributed by atoms with Gasteiger partial charge in [-0.15, -0.1) is 0 Å². The van der Waals surface area contributed by atoms with Gasteiger partial charge in [0.15, 0.2) is 9.84 Å². The van der Waals surface area contributed by atoms with Gasteiger partial charge in [0.2, 0.25) is 0 Å². The minimum Gasteiger partial charge on any atom is -0.383 e. The number of aromatic nitrogens is 2. The van der Waals surface area contributed by atoms with Crippen molar-refractivity contribution < 1.29 is 13.2 Å². The molecule has 0 spiro atoms. The Hall–Kier alpha value is -1.05. The highest BCUT2D eigenvalue weighted by Crippen LogP contribution is 2.16. The molecule has 0 amide bonds. The van der Waals surface area contributed by atoms with Crippen molar-refractivity contribution in [3.05, 3.63) is 23.8 Å². The maximum absolute atomic E-state index is 11.4.